The molecule has 3 rings (SSSR count). The van der Waals surface area contributed by atoms with Crippen molar-refractivity contribution in [1.82, 2.24) is 15.2 Å². The van der Waals surface area contributed by atoms with Crippen molar-refractivity contribution in [2.45, 2.75) is 44.4 Å². The molecule has 0 bridgehead atoms. The van der Waals surface area contributed by atoms with Crippen LogP contribution in [0.2, 0.25) is 0 Å². The third-order valence-electron chi connectivity index (χ3n) is 5.07. The lowest BCUT2D eigenvalue weighted by Crippen LogP contribution is -2.44. The standard InChI is InChI=1S/C23H27N5O3/c1-28(2)15-16-5-3-7-19(13-16)27-22(30)21(29)26-18-8-10-20(11-9-18)31-23-17(14-24)6-4-12-25-23/h3-7,12-13,18,20H,8-11,15H2,1-2H3,(H,26,29)(H,27,30). The first-order valence-corrected chi connectivity index (χ1v) is 10.3. The second-order valence-corrected chi connectivity index (χ2v) is 7.93. The van der Waals surface area contributed by atoms with Crippen molar-refractivity contribution in [3.05, 3.63) is 53.7 Å². The van der Waals surface area contributed by atoms with Crippen molar-refractivity contribution in [1.29, 1.82) is 5.26 Å². The van der Waals surface area contributed by atoms with Gasteiger partial charge in [-0.15, -0.1) is 0 Å². The van der Waals surface area contributed by atoms with E-state index >= 15 is 0 Å². The number of nitrogens with zero attached hydrogens (tertiary/aromatic N) is 3. The number of anilines is 1. The summed E-state index contributed by atoms with van der Waals surface area (Å²) in [6, 6.07) is 12.8. The van der Waals surface area contributed by atoms with E-state index in [9.17, 15) is 9.59 Å². The largest absolute Gasteiger partial charge is 0.473 e. The Morgan fingerprint density at radius 3 is 2.65 bits per heavy atom. The first-order valence-electron chi connectivity index (χ1n) is 10.3. The fraction of sp³-hybridized carbons (Fsp3) is 0.391. The summed E-state index contributed by atoms with van der Waals surface area (Å²) in [5.74, 6) is -0.972. The van der Waals surface area contributed by atoms with Gasteiger partial charge in [0.2, 0.25) is 5.88 Å². The Bertz CT molecular complexity index is 962. The lowest BCUT2D eigenvalue weighted by Gasteiger charge is -2.29. The van der Waals surface area contributed by atoms with Crippen molar-refractivity contribution >= 4 is 17.5 Å². The van der Waals surface area contributed by atoms with Crippen molar-refractivity contribution in [2.75, 3.05) is 19.4 Å². The molecule has 1 aromatic heterocycles. The van der Waals surface area contributed by atoms with Crippen LogP contribution in [0.5, 0.6) is 5.88 Å². The molecule has 162 valence electrons. The van der Waals surface area contributed by atoms with Gasteiger partial charge in [-0.05, 0) is 69.6 Å². The third kappa shape index (κ3) is 6.52. The van der Waals surface area contributed by atoms with Crippen LogP contribution in [0.1, 0.15) is 36.8 Å². The Morgan fingerprint density at radius 2 is 1.94 bits per heavy atom. The lowest BCUT2D eigenvalue weighted by atomic mass is 9.93. The first kappa shape index (κ1) is 22.2. The minimum Gasteiger partial charge on any atom is -0.473 e. The number of carbonyl (C=O) groups is 2. The van der Waals surface area contributed by atoms with E-state index in [4.69, 9.17) is 10.00 Å². The number of hydrogen-bond donors (Lipinski definition) is 2. The van der Waals surface area contributed by atoms with E-state index in [1.54, 1.807) is 24.4 Å². The van der Waals surface area contributed by atoms with Crippen molar-refractivity contribution < 1.29 is 14.3 Å². The monoisotopic (exact) mass is 421 g/mol. The molecule has 1 aromatic carbocycles. The van der Waals surface area contributed by atoms with E-state index in [1.165, 1.54) is 0 Å². The fourth-order valence-electron chi connectivity index (χ4n) is 3.60. The molecule has 2 N–H and O–H groups in total. The number of benzene rings is 1. The van der Waals surface area contributed by atoms with Gasteiger partial charge in [-0.25, -0.2) is 4.98 Å². The Hall–Kier alpha value is -3.44. The summed E-state index contributed by atoms with van der Waals surface area (Å²) in [5.41, 5.74) is 2.05. The number of pyridine rings is 1. The van der Waals surface area contributed by atoms with E-state index in [0.29, 0.717) is 42.8 Å². The minimum atomic E-state index is -0.674. The third-order valence-corrected chi connectivity index (χ3v) is 5.07. The average Bonchev–Trinajstić information content (AvgIpc) is 2.75. The number of nitriles is 1. The van der Waals surface area contributed by atoms with Gasteiger partial charge >= 0.3 is 11.8 Å². The van der Waals surface area contributed by atoms with E-state index in [-0.39, 0.29) is 12.1 Å². The van der Waals surface area contributed by atoms with Crippen LogP contribution in [0.4, 0.5) is 5.69 Å². The van der Waals surface area contributed by atoms with Crippen LogP contribution in [0, 0.1) is 11.3 Å². The Kier molecular flexibility index (Phi) is 7.57. The SMILES string of the molecule is CN(C)Cc1cccc(NC(=O)C(=O)NC2CCC(Oc3ncccc3C#N)CC2)c1. The summed E-state index contributed by atoms with van der Waals surface area (Å²) in [4.78, 5) is 30.8. The van der Waals surface area contributed by atoms with E-state index < -0.39 is 11.8 Å². The highest BCUT2D eigenvalue weighted by molar-refractivity contribution is 6.39. The highest BCUT2D eigenvalue weighted by Gasteiger charge is 2.26. The molecular formula is C23H27N5O3. The van der Waals surface area contributed by atoms with Crippen LogP contribution in [0.15, 0.2) is 42.6 Å². The maximum Gasteiger partial charge on any atom is 0.313 e. The van der Waals surface area contributed by atoms with E-state index in [0.717, 1.165) is 12.1 Å². The van der Waals surface area contributed by atoms with E-state index in [2.05, 4.69) is 21.7 Å². The molecular weight excluding hydrogens is 394 g/mol. The molecule has 1 saturated carbocycles. The Morgan fingerprint density at radius 1 is 1.16 bits per heavy atom. The highest BCUT2D eigenvalue weighted by Crippen LogP contribution is 2.24. The van der Waals surface area contributed by atoms with Crippen molar-refractivity contribution in [2.24, 2.45) is 0 Å². The van der Waals surface area contributed by atoms with Crippen LogP contribution < -0.4 is 15.4 Å². The maximum atomic E-state index is 12.3. The number of hydrogen-bond acceptors (Lipinski definition) is 6. The molecule has 31 heavy (non-hydrogen) atoms. The maximum absolute atomic E-state index is 12.3. The molecule has 0 saturated heterocycles. The number of amides is 2. The van der Waals surface area contributed by atoms with Crippen molar-refractivity contribution in [3.63, 3.8) is 0 Å². The van der Waals surface area contributed by atoms with Crippen LogP contribution in [-0.4, -0.2) is 47.9 Å². The van der Waals surface area contributed by atoms with Gasteiger partial charge in [-0.1, -0.05) is 12.1 Å². The van der Waals surface area contributed by atoms with Gasteiger partial charge in [0, 0.05) is 24.5 Å². The number of ether oxygens (including phenoxy) is 1. The second-order valence-electron chi connectivity index (χ2n) is 7.93. The molecule has 1 fully saturated rings. The van der Waals surface area contributed by atoms with Gasteiger partial charge < -0.3 is 20.3 Å². The van der Waals surface area contributed by atoms with E-state index in [1.807, 2.05) is 37.2 Å². The molecule has 1 heterocycles. The van der Waals surface area contributed by atoms with Gasteiger partial charge in [-0.3, -0.25) is 9.59 Å². The molecule has 0 atom stereocenters. The topological polar surface area (TPSA) is 107 Å². The van der Waals surface area contributed by atoms with Gasteiger partial charge in [0.05, 0.1) is 0 Å². The van der Waals surface area contributed by atoms with Crippen molar-refractivity contribution in [3.8, 4) is 11.9 Å². The molecule has 1 aliphatic rings. The van der Waals surface area contributed by atoms with Crippen LogP contribution >= 0.6 is 0 Å². The summed E-state index contributed by atoms with van der Waals surface area (Å²) in [6.07, 6.45) is 4.33. The van der Waals surface area contributed by atoms with Crippen LogP contribution in [0.3, 0.4) is 0 Å². The predicted molar refractivity (Wildman–Crippen MR) is 116 cm³/mol. The number of rotatable bonds is 6. The molecule has 1 aliphatic carbocycles. The van der Waals surface area contributed by atoms with Gasteiger partial charge in [0.15, 0.2) is 0 Å². The summed E-state index contributed by atoms with van der Waals surface area (Å²) in [5, 5.41) is 14.6. The molecule has 0 aliphatic heterocycles. The molecule has 0 radical (unpaired) electrons. The summed E-state index contributed by atoms with van der Waals surface area (Å²) >= 11 is 0. The zero-order valence-corrected chi connectivity index (χ0v) is 17.8. The second kappa shape index (κ2) is 10.5. The minimum absolute atomic E-state index is 0.0663. The van der Waals surface area contributed by atoms with Crippen LogP contribution in [-0.2, 0) is 16.1 Å². The quantitative estimate of drug-likeness (QED) is 0.694. The molecule has 8 nitrogen and oxygen atoms in total. The lowest BCUT2D eigenvalue weighted by molar-refractivity contribution is -0.136. The van der Waals surface area contributed by atoms with Gasteiger partial charge in [0.25, 0.3) is 0 Å². The van der Waals surface area contributed by atoms with Crippen LogP contribution in [0.25, 0.3) is 0 Å². The average molecular weight is 422 g/mol. The number of aromatic nitrogens is 1. The first-order chi connectivity index (χ1) is 14.9. The summed E-state index contributed by atoms with van der Waals surface area (Å²) < 4.78 is 5.87. The smallest absolute Gasteiger partial charge is 0.313 e. The van der Waals surface area contributed by atoms with Gasteiger partial charge in [0.1, 0.15) is 17.7 Å². The zero-order valence-electron chi connectivity index (χ0n) is 17.8. The number of nitrogens with one attached hydrogen (secondary N) is 2. The Labute approximate surface area is 182 Å². The molecule has 0 unspecified atom stereocenters. The Balaban J connectivity index is 1.46. The molecule has 8 heteroatoms. The fourth-order valence-corrected chi connectivity index (χ4v) is 3.60. The predicted octanol–water partition coefficient (Wildman–Crippen LogP) is 2.46. The molecule has 0 spiro atoms. The number of carbonyl (C=O) groups excluding carboxylic acids is 2. The molecule has 2 amide bonds. The highest BCUT2D eigenvalue weighted by atomic mass is 16.5. The summed E-state index contributed by atoms with van der Waals surface area (Å²) in [6.45, 7) is 0.746. The summed E-state index contributed by atoms with van der Waals surface area (Å²) in [7, 11) is 3.94. The van der Waals surface area contributed by atoms with Gasteiger partial charge in [-0.2, -0.15) is 5.26 Å². The normalized spacial score (nSPS) is 18.1. The molecule has 2 aromatic rings. The zero-order chi connectivity index (χ0) is 22.2.